The van der Waals surface area contributed by atoms with Crippen LogP contribution in [0.25, 0.3) is 129 Å². The number of furan rings is 1. The van der Waals surface area contributed by atoms with Gasteiger partial charge in [-0.15, -0.1) is 22.7 Å². The summed E-state index contributed by atoms with van der Waals surface area (Å²) in [6.45, 7) is 13.1. The highest BCUT2D eigenvalue weighted by molar-refractivity contribution is 7.26. The fourth-order valence-electron chi connectivity index (χ4n) is 16.7. The van der Waals surface area contributed by atoms with Gasteiger partial charge in [0.1, 0.15) is 11.2 Å². The molecule has 20 rings (SSSR count). The number of anilines is 9. The first-order valence-electron chi connectivity index (χ1n) is 40.1. The molecule has 3 heterocycles. The molecule has 3 aromatic heterocycles. The molecule has 0 atom stereocenters. The van der Waals surface area contributed by atoms with Crippen molar-refractivity contribution in [3.63, 3.8) is 0 Å². The summed E-state index contributed by atoms with van der Waals surface area (Å²) in [6.07, 6.45) is 2.28. The molecule has 0 fully saturated rings. The smallest absolute Gasteiger partial charge is 0.135 e. The van der Waals surface area contributed by atoms with E-state index in [0.717, 1.165) is 96.8 Å². The fourth-order valence-corrected chi connectivity index (χ4v) is 18.8. The molecule has 558 valence electrons. The van der Waals surface area contributed by atoms with Crippen LogP contribution in [0.5, 0.6) is 0 Å². The van der Waals surface area contributed by atoms with E-state index in [-0.39, 0.29) is 0 Å². The fraction of sp³-hybridized carbons (Fsp3) is 0.0727. The minimum Gasteiger partial charge on any atom is -0.456 e. The Kier molecular flexibility index (Phi) is 19.7. The topological polar surface area (TPSA) is 22.9 Å². The van der Waals surface area contributed by atoms with Crippen LogP contribution < -0.4 is 14.7 Å². The molecule has 6 heteroatoms. The highest BCUT2D eigenvalue weighted by atomic mass is 32.1. The Hall–Kier alpha value is -13.6. The van der Waals surface area contributed by atoms with Gasteiger partial charge in [0.2, 0.25) is 0 Å². The van der Waals surface area contributed by atoms with Gasteiger partial charge in [-0.05, 0) is 288 Å². The van der Waals surface area contributed by atoms with Gasteiger partial charge in [0.25, 0.3) is 0 Å². The molecule has 0 saturated carbocycles. The van der Waals surface area contributed by atoms with Gasteiger partial charge in [-0.3, -0.25) is 0 Å². The molecule has 17 aromatic carbocycles. The molecule has 20 aromatic rings. The van der Waals surface area contributed by atoms with Crippen LogP contribution in [0.15, 0.2) is 387 Å². The second-order valence-electron chi connectivity index (χ2n) is 30.7. The van der Waals surface area contributed by atoms with Gasteiger partial charge in [-0.2, -0.15) is 0 Å². The molecule has 0 saturated heterocycles. The number of fused-ring (bicyclic) bond motifs is 9. The third-order valence-electron chi connectivity index (χ3n) is 22.7. The number of nitrogens with zero attached hydrogens (tertiary/aromatic N) is 3. The molecule has 4 nitrogen and oxygen atoms in total. The van der Waals surface area contributed by atoms with Crippen LogP contribution in [0.4, 0.5) is 51.2 Å². The molecule has 0 unspecified atom stereocenters. The Morgan fingerprint density at radius 3 is 0.888 bits per heavy atom. The zero-order valence-electron chi connectivity index (χ0n) is 65.9. The molecular weight excluding hydrogens is 1440 g/mol. The van der Waals surface area contributed by atoms with Gasteiger partial charge < -0.3 is 19.1 Å². The third-order valence-corrected chi connectivity index (χ3v) is 25.0. The van der Waals surface area contributed by atoms with Crippen molar-refractivity contribution in [2.24, 2.45) is 0 Å². The summed E-state index contributed by atoms with van der Waals surface area (Å²) in [4.78, 5) is 7.10. The zero-order valence-corrected chi connectivity index (χ0v) is 67.5. The van der Waals surface area contributed by atoms with Crippen molar-refractivity contribution >= 4 is 136 Å². The first-order chi connectivity index (χ1) is 56.9. The second-order valence-corrected chi connectivity index (χ2v) is 32.8. The number of aryl methyl sites for hydroxylation is 6. The van der Waals surface area contributed by atoms with Gasteiger partial charge in [0.15, 0.2) is 0 Å². The largest absolute Gasteiger partial charge is 0.456 e. The van der Waals surface area contributed by atoms with E-state index in [9.17, 15) is 0 Å². The van der Waals surface area contributed by atoms with Crippen molar-refractivity contribution in [2.75, 3.05) is 14.7 Å². The third kappa shape index (κ3) is 14.5. The molecule has 0 bridgehead atoms. The number of hydrogen-bond acceptors (Lipinski definition) is 6. The molecule has 0 radical (unpaired) electrons. The Labute approximate surface area is 687 Å². The minimum atomic E-state index is 0.892. The van der Waals surface area contributed by atoms with Crippen LogP contribution >= 0.6 is 22.7 Å². The first kappa shape index (κ1) is 72.6. The lowest BCUT2D eigenvalue weighted by Crippen LogP contribution is -2.11. The predicted octanol–water partition coefficient (Wildman–Crippen LogP) is 32.9. The molecule has 0 aliphatic heterocycles. The van der Waals surface area contributed by atoms with Crippen molar-refractivity contribution in [1.29, 1.82) is 0 Å². The quantitative estimate of drug-likeness (QED) is 0.0906. The van der Waals surface area contributed by atoms with Crippen LogP contribution in [-0.2, 0) is 6.42 Å². The van der Waals surface area contributed by atoms with Gasteiger partial charge in [-0.1, -0.05) is 248 Å². The van der Waals surface area contributed by atoms with E-state index in [2.05, 4.69) is 438 Å². The Morgan fingerprint density at radius 1 is 0.224 bits per heavy atom. The predicted molar refractivity (Wildman–Crippen MR) is 500 cm³/mol. The van der Waals surface area contributed by atoms with E-state index in [1.165, 1.54) is 130 Å². The maximum atomic E-state index is 6.33. The molecule has 0 aliphatic carbocycles. The maximum Gasteiger partial charge on any atom is 0.135 e. The Bertz CT molecular complexity index is 6670. The Morgan fingerprint density at radius 2 is 0.509 bits per heavy atom. The van der Waals surface area contributed by atoms with Crippen molar-refractivity contribution in [2.45, 2.75) is 54.4 Å². The van der Waals surface area contributed by atoms with E-state index in [1.807, 2.05) is 22.7 Å². The average molecular weight is 1530 g/mol. The van der Waals surface area contributed by atoms with Crippen molar-refractivity contribution in [3.05, 3.63) is 416 Å². The summed E-state index contributed by atoms with van der Waals surface area (Å²) in [5, 5.41) is 7.52. The monoisotopic (exact) mass is 1530 g/mol. The lowest BCUT2D eigenvalue weighted by molar-refractivity contribution is 0.669. The van der Waals surface area contributed by atoms with E-state index in [1.54, 1.807) is 0 Å². The highest BCUT2D eigenvalue weighted by Gasteiger charge is 2.21. The average Bonchev–Trinajstić information content (AvgIpc) is 1.59. The van der Waals surface area contributed by atoms with Crippen LogP contribution in [0.3, 0.4) is 0 Å². The number of rotatable bonds is 17. The van der Waals surface area contributed by atoms with E-state index in [4.69, 9.17) is 4.42 Å². The molecule has 0 N–H and O–H groups in total. The standard InChI is InChI=1S/C76H56N2OS.C34H29NS/c1-49-15-37-71(51(3)43-49)77(65-33-21-57(22-34-65)60-26-40-74-68(46-60)67-45-59(25-39-73(67)79-74)53-11-7-5-8-12-53)63-29-17-55(18-30-63)56-19-31-64(32-20-56)78(72-38-16-50(2)44-52(72)4)66-35-23-58(24-36-66)62-28-42-76-70(48-62)69-47-61(27-41-75(69)80-76)54-13-9-6-10-14-54;1-3-6-25-11-18-29(19-12-25)35(28-16-9-24(2)10-17-28)30-20-13-26(14-21-30)27-15-22-34-32(23-27)31-7-4-5-8-33(31)36-34/h5-48H,1-4H3;4-5,7-23H,3,6H2,1-2H3. The molecule has 0 spiro atoms. The summed E-state index contributed by atoms with van der Waals surface area (Å²) in [5.74, 6) is 0. The Balaban J connectivity index is 0.000000207. The van der Waals surface area contributed by atoms with Gasteiger partial charge >= 0.3 is 0 Å². The normalized spacial score (nSPS) is 11.4. The minimum absolute atomic E-state index is 0.892. The van der Waals surface area contributed by atoms with Gasteiger partial charge in [0.05, 0.1) is 0 Å². The highest BCUT2D eigenvalue weighted by Crippen LogP contribution is 2.46. The lowest BCUT2D eigenvalue weighted by atomic mass is 9.99. The molecular formula is C110H85N3OS2. The summed E-state index contributed by atoms with van der Waals surface area (Å²) in [5.41, 5.74) is 33.9. The number of thiophene rings is 2. The second kappa shape index (κ2) is 31.4. The zero-order chi connectivity index (χ0) is 78.3. The molecule has 116 heavy (non-hydrogen) atoms. The van der Waals surface area contributed by atoms with Crippen LogP contribution in [0.2, 0.25) is 0 Å². The van der Waals surface area contributed by atoms with E-state index >= 15 is 0 Å². The van der Waals surface area contributed by atoms with Crippen molar-refractivity contribution in [1.82, 2.24) is 0 Å². The summed E-state index contributed by atoms with van der Waals surface area (Å²) >= 11 is 3.73. The number of benzene rings is 17. The van der Waals surface area contributed by atoms with Crippen LogP contribution in [0, 0.1) is 34.6 Å². The van der Waals surface area contributed by atoms with Crippen molar-refractivity contribution in [3.8, 4) is 66.8 Å². The SMILES string of the molecule is CCCc1ccc(N(c2ccc(C)cc2)c2ccc(-c3ccc4sc5ccccc5c4c3)cc2)cc1.Cc1ccc(N(c2ccc(-c3ccc(N(c4ccc(-c5ccc6sc7ccc(-c8ccccc8)cc7c6c5)cc4)c4ccc(C)cc4C)cc3)cc2)c2ccc(-c3ccc4oc5ccc(-c6ccccc6)cc5c4c3)cc2)c(C)c1. The summed E-state index contributed by atoms with van der Waals surface area (Å²) in [6, 6.07) is 140. The maximum absolute atomic E-state index is 6.33. The number of hydrogen-bond donors (Lipinski definition) is 0. The van der Waals surface area contributed by atoms with Crippen LogP contribution in [0.1, 0.15) is 46.7 Å². The van der Waals surface area contributed by atoms with Crippen molar-refractivity contribution < 1.29 is 4.42 Å². The van der Waals surface area contributed by atoms with Gasteiger partial charge in [0, 0.05) is 102 Å². The summed E-state index contributed by atoms with van der Waals surface area (Å²) in [7, 11) is 0. The summed E-state index contributed by atoms with van der Waals surface area (Å²) < 4.78 is 11.6. The molecule has 0 amide bonds. The first-order valence-corrected chi connectivity index (χ1v) is 41.7. The lowest BCUT2D eigenvalue weighted by Gasteiger charge is -2.28. The van der Waals surface area contributed by atoms with Gasteiger partial charge in [-0.25, -0.2) is 0 Å². The van der Waals surface area contributed by atoms with Crippen LogP contribution in [-0.4, -0.2) is 0 Å². The molecule has 0 aliphatic rings. The van der Waals surface area contributed by atoms with E-state index < -0.39 is 0 Å². The van der Waals surface area contributed by atoms with E-state index in [0.29, 0.717) is 0 Å².